The third kappa shape index (κ3) is 2.62. The summed E-state index contributed by atoms with van der Waals surface area (Å²) in [5.74, 6) is -0.794. The first kappa shape index (κ1) is 14.1. The molecule has 0 aliphatic rings. The van der Waals surface area contributed by atoms with Crippen LogP contribution in [0.15, 0.2) is 39.7 Å². The van der Waals surface area contributed by atoms with Crippen LogP contribution in [0, 0.1) is 0 Å². The Bertz CT molecular complexity index is 834. The predicted octanol–water partition coefficient (Wildman–Crippen LogP) is 0.632. The molecule has 114 valence electrons. The number of carbonyl (C=O) groups excluding carboxylic acids is 1. The first-order chi connectivity index (χ1) is 10.7. The summed E-state index contributed by atoms with van der Waals surface area (Å²) >= 11 is 0. The monoisotopic (exact) mass is 301 g/mol. The van der Waals surface area contributed by atoms with Crippen LogP contribution in [0.1, 0.15) is 18.7 Å². The lowest BCUT2D eigenvalue weighted by Gasteiger charge is -2.12. The van der Waals surface area contributed by atoms with Crippen LogP contribution in [-0.2, 0) is 11.2 Å². The van der Waals surface area contributed by atoms with E-state index >= 15 is 0 Å². The molecule has 2 aromatic heterocycles. The quantitative estimate of drug-likeness (QED) is 0.719. The molecule has 2 heterocycles. The zero-order valence-corrected chi connectivity index (χ0v) is 11.9. The number of oxazole rings is 1. The molecule has 0 saturated heterocycles. The van der Waals surface area contributed by atoms with Crippen molar-refractivity contribution in [1.29, 1.82) is 0 Å². The fourth-order valence-electron chi connectivity index (χ4n) is 2.28. The van der Waals surface area contributed by atoms with E-state index in [0.29, 0.717) is 24.1 Å². The molecule has 0 saturated carbocycles. The van der Waals surface area contributed by atoms with E-state index in [1.165, 1.54) is 4.57 Å². The molecule has 1 amide bonds. The molecule has 3 rings (SSSR count). The molecule has 1 aromatic carbocycles. The number of nitrogens with one attached hydrogen (secondary N) is 2. The molecule has 0 aliphatic heterocycles. The first-order valence-electron chi connectivity index (χ1n) is 6.89. The molecular weight excluding hydrogens is 286 g/mol. The van der Waals surface area contributed by atoms with Gasteiger partial charge in [0.2, 0.25) is 5.91 Å². The number of carbonyl (C=O) groups is 1. The van der Waals surface area contributed by atoms with Crippen LogP contribution in [0.4, 0.5) is 0 Å². The van der Waals surface area contributed by atoms with E-state index < -0.39 is 11.8 Å². The van der Waals surface area contributed by atoms with Gasteiger partial charge in [0.05, 0.1) is 17.4 Å². The zero-order chi connectivity index (χ0) is 15.5. The number of hydrogen-bond donors (Lipinski definition) is 2. The Morgan fingerprint density at radius 1 is 1.45 bits per heavy atom. The van der Waals surface area contributed by atoms with Gasteiger partial charge in [-0.2, -0.15) is 15.4 Å². The smallest absolute Gasteiger partial charge is 0.408 e. The molecular formula is C14H15N5O3. The second-order valence-electron chi connectivity index (χ2n) is 4.88. The Hall–Kier alpha value is -2.90. The Balaban J connectivity index is 1.72. The van der Waals surface area contributed by atoms with Gasteiger partial charge in [0, 0.05) is 13.0 Å². The number of aromatic amines is 1. The van der Waals surface area contributed by atoms with Crippen molar-refractivity contribution in [2.24, 2.45) is 0 Å². The van der Waals surface area contributed by atoms with Crippen molar-refractivity contribution in [3.8, 4) is 0 Å². The van der Waals surface area contributed by atoms with Crippen LogP contribution < -0.4 is 11.1 Å². The van der Waals surface area contributed by atoms with Crippen LogP contribution in [0.25, 0.3) is 11.1 Å². The number of para-hydroxylation sites is 2. The predicted molar refractivity (Wildman–Crippen MR) is 78.3 cm³/mol. The van der Waals surface area contributed by atoms with Gasteiger partial charge in [-0.3, -0.25) is 9.36 Å². The maximum atomic E-state index is 12.2. The standard InChI is InChI=1S/C14H15N5O3/c1-9(13(20)15-7-6-10-8-16-18-17-10)19-11-4-2-3-5-12(11)22-14(19)21/h2-5,8-9H,6-7H2,1H3,(H,15,20)(H,16,17,18). The summed E-state index contributed by atoms with van der Waals surface area (Å²) in [4.78, 5) is 24.1. The highest BCUT2D eigenvalue weighted by atomic mass is 16.4. The molecule has 1 atom stereocenters. The fraction of sp³-hybridized carbons (Fsp3) is 0.286. The van der Waals surface area contributed by atoms with Gasteiger partial charge in [0.15, 0.2) is 5.58 Å². The molecule has 0 radical (unpaired) electrons. The van der Waals surface area contributed by atoms with Gasteiger partial charge >= 0.3 is 5.76 Å². The van der Waals surface area contributed by atoms with Crippen molar-refractivity contribution in [3.63, 3.8) is 0 Å². The number of nitrogens with zero attached hydrogens (tertiary/aromatic N) is 3. The van der Waals surface area contributed by atoms with Gasteiger partial charge in [-0.1, -0.05) is 12.1 Å². The number of fused-ring (bicyclic) bond motifs is 1. The van der Waals surface area contributed by atoms with Crippen molar-refractivity contribution < 1.29 is 9.21 Å². The van der Waals surface area contributed by atoms with Crippen LogP contribution >= 0.6 is 0 Å². The van der Waals surface area contributed by atoms with Gasteiger partial charge in [0.25, 0.3) is 0 Å². The van der Waals surface area contributed by atoms with Crippen molar-refractivity contribution >= 4 is 17.0 Å². The third-order valence-electron chi connectivity index (χ3n) is 3.43. The Kier molecular flexibility index (Phi) is 3.73. The minimum Gasteiger partial charge on any atom is -0.408 e. The maximum absolute atomic E-state index is 12.2. The molecule has 0 spiro atoms. The van der Waals surface area contributed by atoms with Crippen molar-refractivity contribution in [1.82, 2.24) is 25.3 Å². The Morgan fingerprint density at radius 2 is 2.27 bits per heavy atom. The molecule has 1 unspecified atom stereocenters. The lowest BCUT2D eigenvalue weighted by Crippen LogP contribution is -2.35. The lowest BCUT2D eigenvalue weighted by atomic mass is 10.2. The SMILES string of the molecule is CC(C(=O)NCCc1cn[nH]n1)n1c(=O)oc2ccccc21. The summed E-state index contributed by atoms with van der Waals surface area (Å²) in [5.41, 5.74) is 1.83. The molecule has 8 nitrogen and oxygen atoms in total. The van der Waals surface area contributed by atoms with Crippen LogP contribution in [0.2, 0.25) is 0 Å². The molecule has 0 fully saturated rings. The second-order valence-corrected chi connectivity index (χ2v) is 4.88. The number of hydrogen-bond acceptors (Lipinski definition) is 5. The van der Waals surface area contributed by atoms with Gasteiger partial charge < -0.3 is 9.73 Å². The summed E-state index contributed by atoms with van der Waals surface area (Å²) in [6.07, 6.45) is 2.17. The third-order valence-corrected chi connectivity index (χ3v) is 3.43. The topological polar surface area (TPSA) is 106 Å². The number of aromatic nitrogens is 4. The van der Waals surface area contributed by atoms with Gasteiger partial charge in [-0.15, -0.1) is 0 Å². The van der Waals surface area contributed by atoms with Gasteiger partial charge in [-0.05, 0) is 19.1 Å². The summed E-state index contributed by atoms with van der Waals surface area (Å²) in [5, 5.41) is 12.9. The highest BCUT2D eigenvalue weighted by Gasteiger charge is 2.20. The average Bonchev–Trinajstić information content (AvgIpc) is 3.13. The number of H-pyrrole nitrogens is 1. The molecule has 3 aromatic rings. The maximum Gasteiger partial charge on any atom is 0.420 e. The minimum atomic E-state index is -0.659. The van der Waals surface area contributed by atoms with E-state index in [4.69, 9.17) is 4.42 Å². The second kappa shape index (κ2) is 5.84. The summed E-state index contributed by atoms with van der Waals surface area (Å²) in [7, 11) is 0. The Morgan fingerprint density at radius 3 is 3.05 bits per heavy atom. The van der Waals surface area contributed by atoms with Crippen LogP contribution in [0.5, 0.6) is 0 Å². The summed E-state index contributed by atoms with van der Waals surface area (Å²) in [6, 6.07) is 6.36. The highest BCUT2D eigenvalue weighted by molar-refractivity contribution is 5.82. The lowest BCUT2D eigenvalue weighted by molar-refractivity contribution is -0.123. The normalized spacial score (nSPS) is 12.4. The molecule has 0 bridgehead atoms. The van der Waals surface area contributed by atoms with Gasteiger partial charge in [-0.25, -0.2) is 4.79 Å². The number of rotatable bonds is 5. The zero-order valence-electron chi connectivity index (χ0n) is 11.9. The molecule has 22 heavy (non-hydrogen) atoms. The van der Waals surface area contributed by atoms with E-state index in [1.807, 2.05) is 0 Å². The molecule has 8 heteroatoms. The van der Waals surface area contributed by atoms with Crippen molar-refractivity contribution in [2.75, 3.05) is 6.54 Å². The Labute approximate surface area is 125 Å². The number of amides is 1. The fourth-order valence-corrected chi connectivity index (χ4v) is 2.28. The average molecular weight is 301 g/mol. The van der Waals surface area contributed by atoms with Crippen LogP contribution in [-0.4, -0.2) is 32.4 Å². The first-order valence-corrected chi connectivity index (χ1v) is 6.89. The van der Waals surface area contributed by atoms with Crippen LogP contribution in [0.3, 0.4) is 0 Å². The van der Waals surface area contributed by atoms with E-state index in [2.05, 4.69) is 20.7 Å². The summed E-state index contributed by atoms with van der Waals surface area (Å²) in [6.45, 7) is 2.08. The van der Waals surface area contributed by atoms with Crippen molar-refractivity contribution in [3.05, 3.63) is 46.7 Å². The van der Waals surface area contributed by atoms with E-state index in [0.717, 1.165) is 5.69 Å². The van der Waals surface area contributed by atoms with E-state index in [9.17, 15) is 9.59 Å². The largest absolute Gasteiger partial charge is 0.420 e. The van der Waals surface area contributed by atoms with E-state index in [-0.39, 0.29) is 5.91 Å². The molecule has 2 N–H and O–H groups in total. The number of benzene rings is 1. The molecule has 0 aliphatic carbocycles. The highest BCUT2D eigenvalue weighted by Crippen LogP contribution is 2.16. The van der Waals surface area contributed by atoms with Gasteiger partial charge in [0.1, 0.15) is 6.04 Å². The van der Waals surface area contributed by atoms with E-state index in [1.54, 1.807) is 37.4 Å². The minimum absolute atomic E-state index is 0.253. The van der Waals surface area contributed by atoms with Crippen molar-refractivity contribution in [2.45, 2.75) is 19.4 Å². The summed E-state index contributed by atoms with van der Waals surface area (Å²) < 4.78 is 6.49.